The monoisotopic (exact) mass is 242 g/mol. The molecule has 1 aromatic rings. The van der Waals surface area contributed by atoms with Gasteiger partial charge in [-0.15, -0.1) is 0 Å². The van der Waals surface area contributed by atoms with Crippen molar-refractivity contribution in [3.8, 4) is 5.75 Å². The summed E-state index contributed by atoms with van der Waals surface area (Å²) in [4.78, 5) is 0.161. The zero-order valence-electron chi connectivity index (χ0n) is 8.63. The molecule has 6 heteroatoms. The quantitative estimate of drug-likeness (QED) is 0.772. The van der Waals surface area contributed by atoms with Gasteiger partial charge in [-0.3, -0.25) is 5.11 Å². The summed E-state index contributed by atoms with van der Waals surface area (Å²) in [6.07, 6.45) is 0. The molecule has 5 nitrogen and oxygen atoms in total. The number of benzene rings is 1. The van der Waals surface area contributed by atoms with Crippen LogP contribution in [0.25, 0.3) is 0 Å². The third-order valence-electron chi connectivity index (χ3n) is 2.43. The normalized spacial score (nSPS) is 18.5. The largest absolute Gasteiger partial charge is 0.379 e. The maximum atomic E-state index is 12.1. The van der Waals surface area contributed by atoms with Crippen molar-refractivity contribution in [2.75, 3.05) is 26.3 Å². The van der Waals surface area contributed by atoms with E-state index >= 15 is 0 Å². The molecule has 0 spiro atoms. The van der Waals surface area contributed by atoms with Gasteiger partial charge in [0.2, 0.25) is 10.0 Å². The molecule has 0 unspecified atom stereocenters. The van der Waals surface area contributed by atoms with Gasteiger partial charge in [0, 0.05) is 13.1 Å². The Hall–Kier alpha value is -1.11. The van der Waals surface area contributed by atoms with E-state index in [9.17, 15) is 13.5 Å². The molecular formula is C10H12NO4S. The van der Waals surface area contributed by atoms with E-state index in [2.05, 4.69) is 0 Å². The van der Waals surface area contributed by atoms with Gasteiger partial charge in [0.05, 0.1) is 18.1 Å². The van der Waals surface area contributed by atoms with E-state index in [-0.39, 0.29) is 10.6 Å². The highest BCUT2D eigenvalue weighted by Crippen LogP contribution is 2.19. The standard InChI is InChI=1S/C10H12NO4S/c12-9-1-3-10(4-2-9)16(13,14)11-5-7-15-8-6-11/h1-4H,5-8H2. The Morgan fingerprint density at radius 2 is 1.62 bits per heavy atom. The average Bonchev–Trinajstić information content (AvgIpc) is 2.31. The van der Waals surface area contributed by atoms with E-state index in [1.807, 2.05) is 0 Å². The molecule has 0 aromatic heterocycles. The summed E-state index contributed by atoms with van der Waals surface area (Å²) in [5, 5.41) is 10.9. The minimum absolute atomic E-state index is 0.161. The van der Waals surface area contributed by atoms with Gasteiger partial charge in [-0.1, -0.05) is 0 Å². The third-order valence-corrected chi connectivity index (χ3v) is 4.34. The number of morpholine rings is 1. The number of ether oxygens (including phenoxy) is 1. The zero-order chi connectivity index (χ0) is 11.6. The van der Waals surface area contributed by atoms with Gasteiger partial charge >= 0.3 is 0 Å². The number of nitrogens with zero attached hydrogens (tertiary/aromatic N) is 1. The van der Waals surface area contributed by atoms with Gasteiger partial charge in [-0.2, -0.15) is 4.31 Å². The van der Waals surface area contributed by atoms with Crippen LogP contribution in [-0.4, -0.2) is 39.0 Å². The maximum Gasteiger partial charge on any atom is 0.243 e. The van der Waals surface area contributed by atoms with Crippen LogP contribution in [-0.2, 0) is 19.9 Å². The number of rotatable bonds is 2. The van der Waals surface area contributed by atoms with E-state index in [0.29, 0.717) is 26.3 Å². The summed E-state index contributed by atoms with van der Waals surface area (Å²) in [5.74, 6) is -0.194. The lowest BCUT2D eigenvalue weighted by molar-refractivity contribution is 0.0730. The lowest BCUT2D eigenvalue weighted by Gasteiger charge is -2.25. The Morgan fingerprint density at radius 1 is 1.06 bits per heavy atom. The van der Waals surface area contributed by atoms with Crippen molar-refractivity contribution in [3.05, 3.63) is 24.3 Å². The highest BCUT2D eigenvalue weighted by atomic mass is 32.2. The first-order chi connectivity index (χ1) is 7.60. The van der Waals surface area contributed by atoms with E-state index in [1.165, 1.54) is 28.6 Å². The molecule has 0 bridgehead atoms. The fraction of sp³-hybridized carbons (Fsp3) is 0.400. The molecule has 1 saturated heterocycles. The van der Waals surface area contributed by atoms with Gasteiger partial charge in [0.1, 0.15) is 0 Å². The van der Waals surface area contributed by atoms with Crippen molar-refractivity contribution in [2.45, 2.75) is 4.90 Å². The van der Waals surface area contributed by atoms with E-state index in [1.54, 1.807) is 0 Å². The van der Waals surface area contributed by atoms with Crippen LogP contribution in [0.3, 0.4) is 0 Å². The number of hydrogen-bond acceptors (Lipinski definition) is 3. The summed E-state index contributed by atoms with van der Waals surface area (Å²) < 4.78 is 30.6. The summed E-state index contributed by atoms with van der Waals surface area (Å²) in [6.45, 7) is 1.56. The molecule has 0 saturated carbocycles. The Balaban J connectivity index is 2.27. The minimum Gasteiger partial charge on any atom is -0.379 e. The number of hydrogen-bond donors (Lipinski definition) is 0. The molecule has 1 aromatic carbocycles. The molecule has 0 N–H and O–H groups in total. The van der Waals surface area contributed by atoms with Gasteiger partial charge in [0.25, 0.3) is 0 Å². The van der Waals surface area contributed by atoms with E-state index < -0.39 is 10.0 Å². The van der Waals surface area contributed by atoms with Crippen LogP contribution in [0, 0.1) is 0 Å². The predicted octanol–water partition coefficient (Wildman–Crippen LogP) is 0.851. The molecule has 16 heavy (non-hydrogen) atoms. The predicted molar refractivity (Wildman–Crippen MR) is 56.2 cm³/mol. The van der Waals surface area contributed by atoms with E-state index in [4.69, 9.17) is 4.74 Å². The topological polar surface area (TPSA) is 66.5 Å². The van der Waals surface area contributed by atoms with Gasteiger partial charge in [-0.25, -0.2) is 8.42 Å². The van der Waals surface area contributed by atoms with Crippen LogP contribution in [0.4, 0.5) is 0 Å². The molecule has 1 radical (unpaired) electrons. The summed E-state index contributed by atoms with van der Waals surface area (Å²) in [5.41, 5.74) is 0. The summed E-state index contributed by atoms with van der Waals surface area (Å²) in [7, 11) is -3.46. The van der Waals surface area contributed by atoms with Crippen molar-refractivity contribution >= 4 is 10.0 Å². The summed E-state index contributed by atoms with van der Waals surface area (Å²) in [6, 6.07) is 5.20. The van der Waals surface area contributed by atoms with Crippen LogP contribution in [0.2, 0.25) is 0 Å². The highest BCUT2D eigenvalue weighted by molar-refractivity contribution is 7.89. The SMILES string of the molecule is [O]c1ccc(S(=O)(=O)N2CCOCC2)cc1. The van der Waals surface area contributed by atoms with Crippen molar-refractivity contribution in [3.63, 3.8) is 0 Å². The second kappa shape index (κ2) is 4.40. The number of sulfonamides is 1. The zero-order valence-corrected chi connectivity index (χ0v) is 9.44. The lowest BCUT2D eigenvalue weighted by atomic mass is 10.3. The molecule has 1 aliphatic rings. The third kappa shape index (κ3) is 2.18. The molecule has 2 rings (SSSR count). The molecule has 0 atom stereocenters. The smallest absolute Gasteiger partial charge is 0.243 e. The van der Waals surface area contributed by atoms with Crippen molar-refractivity contribution in [1.82, 2.24) is 4.31 Å². The van der Waals surface area contributed by atoms with Crippen LogP contribution in [0.15, 0.2) is 29.2 Å². The Morgan fingerprint density at radius 3 is 2.19 bits per heavy atom. The average molecular weight is 242 g/mol. The first kappa shape index (κ1) is 11.4. The van der Waals surface area contributed by atoms with Crippen LogP contribution in [0.5, 0.6) is 5.75 Å². The Labute approximate surface area is 94.3 Å². The molecule has 87 valence electrons. The molecule has 1 fully saturated rings. The van der Waals surface area contributed by atoms with Crippen LogP contribution in [0.1, 0.15) is 0 Å². The molecular weight excluding hydrogens is 230 g/mol. The summed E-state index contributed by atoms with van der Waals surface area (Å²) >= 11 is 0. The van der Waals surface area contributed by atoms with Gasteiger partial charge in [0.15, 0.2) is 5.75 Å². The molecule has 0 aliphatic carbocycles. The van der Waals surface area contributed by atoms with Crippen molar-refractivity contribution in [2.24, 2.45) is 0 Å². The second-order valence-corrected chi connectivity index (χ2v) is 5.43. The Kier molecular flexibility index (Phi) is 3.13. The highest BCUT2D eigenvalue weighted by Gasteiger charge is 2.25. The van der Waals surface area contributed by atoms with Crippen LogP contribution < -0.4 is 0 Å². The van der Waals surface area contributed by atoms with Crippen LogP contribution >= 0.6 is 0 Å². The first-order valence-electron chi connectivity index (χ1n) is 4.96. The van der Waals surface area contributed by atoms with Crippen molar-refractivity contribution in [1.29, 1.82) is 0 Å². The van der Waals surface area contributed by atoms with E-state index in [0.717, 1.165) is 0 Å². The minimum atomic E-state index is -3.46. The van der Waals surface area contributed by atoms with Gasteiger partial charge < -0.3 is 4.74 Å². The fourth-order valence-electron chi connectivity index (χ4n) is 1.55. The van der Waals surface area contributed by atoms with Crippen molar-refractivity contribution < 1.29 is 18.3 Å². The molecule has 1 aliphatic heterocycles. The van der Waals surface area contributed by atoms with Gasteiger partial charge in [-0.05, 0) is 24.3 Å². The second-order valence-electron chi connectivity index (χ2n) is 3.49. The first-order valence-corrected chi connectivity index (χ1v) is 6.40. The maximum absolute atomic E-state index is 12.1. The fourth-order valence-corrected chi connectivity index (χ4v) is 2.96. The molecule has 0 amide bonds. The molecule has 1 heterocycles. The lowest BCUT2D eigenvalue weighted by Crippen LogP contribution is -2.40. The Bertz CT molecular complexity index is 448.